The van der Waals surface area contributed by atoms with Gasteiger partial charge in [0.15, 0.2) is 0 Å². The molecule has 0 bridgehead atoms. The fourth-order valence-electron chi connectivity index (χ4n) is 1.99. The number of carbonyl (C=O) groups is 2. The van der Waals surface area contributed by atoms with Gasteiger partial charge < -0.3 is 11.1 Å². The van der Waals surface area contributed by atoms with Gasteiger partial charge in [-0.15, -0.1) is 0 Å². The molecule has 0 fully saturated rings. The molecule has 5 nitrogen and oxygen atoms in total. The van der Waals surface area contributed by atoms with Crippen LogP contribution in [-0.2, 0) is 9.59 Å². The lowest BCUT2D eigenvalue weighted by molar-refractivity contribution is -0.122. The molecule has 120 valence electrons. The third kappa shape index (κ3) is 5.62. The Labute approximate surface area is 147 Å². The fraction of sp³-hybridized carbons (Fsp3) is 0.333. The quantitative estimate of drug-likeness (QED) is 0.324. The maximum absolute atomic E-state index is 10.1. The summed E-state index contributed by atoms with van der Waals surface area (Å²) in [6, 6.07) is 10.6. The summed E-state index contributed by atoms with van der Waals surface area (Å²) in [4.78, 5) is 19.7. The van der Waals surface area contributed by atoms with Crippen LogP contribution in [0.5, 0.6) is 0 Å². The van der Waals surface area contributed by atoms with Crippen LogP contribution < -0.4 is 11.1 Å². The van der Waals surface area contributed by atoms with Crippen molar-refractivity contribution in [1.29, 1.82) is 0 Å². The van der Waals surface area contributed by atoms with Crippen molar-refractivity contribution >= 4 is 42.6 Å². The average Bonchev–Trinajstić information content (AvgIpc) is 2.90. The van der Waals surface area contributed by atoms with E-state index in [1.807, 2.05) is 0 Å². The SMILES string of the molecule is CC(NC=O)C(N)=O.CC1=CCN(SI)C1c1ccccc1. The molecule has 0 saturated heterocycles. The molecule has 1 aromatic rings. The Morgan fingerprint density at radius 2 is 2.14 bits per heavy atom. The van der Waals surface area contributed by atoms with Crippen LogP contribution >= 0.6 is 30.3 Å². The number of halogens is 1. The minimum Gasteiger partial charge on any atom is -0.368 e. The minimum absolute atomic E-state index is 0.440. The second kappa shape index (κ2) is 9.86. The number of benzene rings is 1. The van der Waals surface area contributed by atoms with Crippen LogP contribution in [-0.4, -0.2) is 29.2 Å². The van der Waals surface area contributed by atoms with Gasteiger partial charge >= 0.3 is 0 Å². The standard InChI is InChI=1S/C11H12INS.C4H8N2O2/c1-9-7-8-13(14-12)11(9)10-5-3-2-4-6-10;1-3(4(5)8)6-2-7/h2-7,11H,8H2,1H3;2-3H,1H3,(H2,5,8)(H,6,7). The van der Waals surface area contributed by atoms with Crippen LogP contribution in [0.1, 0.15) is 25.5 Å². The Morgan fingerprint density at radius 1 is 1.50 bits per heavy atom. The van der Waals surface area contributed by atoms with E-state index in [2.05, 4.69) is 74.2 Å². The van der Waals surface area contributed by atoms with E-state index in [9.17, 15) is 9.59 Å². The second-order valence-electron chi connectivity index (χ2n) is 4.84. The summed E-state index contributed by atoms with van der Waals surface area (Å²) in [5.74, 6) is -0.530. The molecule has 1 aromatic carbocycles. The summed E-state index contributed by atoms with van der Waals surface area (Å²) in [6.07, 6.45) is 2.75. The number of amides is 2. The average molecular weight is 433 g/mol. The third-order valence-corrected chi connectivity index (χ3v) is 5.32. The first-order chi connectivity index (χ1) is 10.5. The van der Waals surface area contributed by atoms with Crippen molar-refractivity contribution in [2.75, 3.05) is 6.54 Å². The van der Waals surface area contributed by atoms with E-state index in [4.69, 9.17) is 5.73 Å². The van der Waals surface area contributed by atoms with Gasteiger partial charge in [0.05, 0.1) is 6.04 Å². The molecule has 2 rings (SSSR count). The molecule has 2 atom stereocenters. The summed E-state index contributed by atoms with van der Waals surface area (Å²) in [5, 5.41) is 2.19. The summed E-state index contributed by atoms with van der Waals surface area (Å²) in [5.41, 5.74) is 7.61. The largest absolute Gasteiger partial charge is 0.368 e. The summed E-state index contributed by atoms with van der Waals surface area (Å²) < 4.78 is 2.39. The van der Waals surface area contributed by atoms with Crippen LogP contribution in [0.25, 0.3) is 0 Å². The lowest BCUT2D eigenvalue weighted by Crippen LogP contribution is -2.37. The second-order valence-corrected chi connectivity index (χ2v) is 6.63. The van der Waals surface area contributed by atoms with Gasteiger partial charge in [-0.2, -0.15) is 0 Å². The molecule has 1 heterocycles. The van der Waals surface area contributed by atoms with Gasteiger partial charge in [0, 0.05) is 27.8 Å². The van der Waals surface area contributed by atoms with Crippen LogP contribution in [0.4, 0.5) is 0 Å². The number of hydrogen-bond acceptors (Lipinski definition) is 4. The van der Waals surface area contributed by atoms with Gasteiger partial charge in [-0.25, -0.2) is 4.31 Å². The molecule has 0 radical (unpaired) electrons. The maximum atomic E-state index is 10.1. The Balaban J connectivity index is 0.000000261. The van der Waals surface area contributed by atoms with Crippen molar-refractivity contribution in [2.45, 2.75) is 25.9 Å². The first-order valence-electron chi connectivity index (χ1n) is 6.77. The maximum Gasteiger partial charge on any atom is 0.239 e. The van der Waals surface area contributed by atoms with Crippen molar-refractivity contribution in [3.05, 3.63) is 47.5 Å². The third-order valence-electron chi connectivity index (χ3n) is 3.26. The van der Waals surface area contributed by atoms with Crippen LogP contribution in [0.2, 0.25) is 0 Å². The number of hydrogen-bond donors (Lipinski definition) is 2. The van der Waals surface area contributed by atoms with Gasteiger partial charge in [0.2, 0.25) is 12.3 Å². The zero-order chi connectivity index (χ0) is 16.5. The van der Waals surface area contributed by atoms with Gasteiger partial charge in [-0.3, -0.25) is 9.59 Å². The topological polar surface area (TPSA) is 75.4 Å². The van der Waals surface area contributed by atoms with Crippen molar-refractivity contribution in [2.24, 2.45) is 5.73 Å². The zero-order valence-electron chi connectivity index (χ0n) is 12.5. The predicted molar refractivity (Wildman–Crippen MR) is 99.1 cm³/mol. The molecule has 0 saturated carbocycles. The highest BCUT2D eigenvalue weighted by Gasteiger charge is 2.25. The Morgan fingerprint density at radius 3 is 2.59 bits per heavy atom. The number of carbonyl (C=O) groups excluding carboxylic acids is 2. The summed E-state index contributed by atoms with van der Waals surface area (Å²) in [7, 11) is 1.79. The molecule has 0 aliphatic carbocycles. The van der Waals surface area contributed by atoms with Gasteiger partial charge in [0.25, 0.3) is 0 Å². The normalized spacial score (nSPS) is 18.7. The van der Waals surface area contributed by atoms with Crippen molar-refractivity contribution in [3.63, 3.8) is 0 Å². The van der Waals surface area contributed by atoms with E-state index >= 15 is 0 Å². The number of nitrogens with zero attached hydrogens (tertiary/aromatic N) is 1. The van der Waals surface area contributed by atoms with Crippen LogP contribution in [0.15, 0.2) is 42.0 Å². The predicted octanol–water partition coefficient (Wildman–Crippen LogP) is 2.59. The molecule has 2 amide bonds. The number of rotatable bonds is 5. The smallest absolute Gasteiger partial charge is 0.239 e. The van der Waals surface area contributed by atoms with Crippen LogP contribution in [0.3, 0.4) is 0 Å². The van der Waals surface area contributed by atoms with Crippen molar-refractivity contribution in [3.8, 4) is 0 Å². The number of nitrogens with two attached hydrogens (primary N) is 1. The van der Waals surface area contributed by atoms with E-state index in [-0.39, 0.29) is 0 Å². The number of primary amides is 1. The Kier molecular flexibility index (Phi) is 8.51. The molecular formula is C15H20IN3O2S. The molecule has 0 spiro atoms. The van der Waals surface area contributed by atoms with Crippen molar-refractivity contribution in [1.82, 2.24) is 9.62 Å². The molecule has 2 unspecified atom stereocenters. The van der Waals surface area contributed by atoms with E-state index < -0.39 is 11.9 Å². The lowest BCUT2D eigenvalue weighted by Gasteiger charge is -2.22. The molecule has 22 heavy (non-hydrogen) atoms. The highest BCUT2D eigenvalue weighted by Crippen LogP contribution is 2.39. The van der Waals surface area contributed by atoms with E-state index in [0.29, 0.717) is 12.5 Å². The van der Waals surface area contributed by atoms with Gasteiger partial charge in [0.1, 0.15) is 6.04 Å². The monoisotopic (exact) mass is 433 g/mol. The molecule has 7 heteroatoms. The van der Waals surface area contributed by atoms with Crippen molar-refractivity contribution < 1.29 is 9.59 Å². The first kappa shape index (κ1) is 19.0. The highest BCUT2D eigenvalue weighted by atomic mass is 127. The van der Waals surface area contributed by atoms with E-state index in [1.54, 1.807) is 9.12 Å². The molecule has 3 N–H and O–H groups in total. The van der Waals surface area contributed by atoms with Gasteiger partial charge in [-0.1, -0.05) is 42.0 Å². The fourth-order valence-corrected chi connectivity index (χ4v) is 3.66. The summed E-state index contributed by atoms with van der Waals surface area (Å²) in [6.45, 7) is 4.78. The molecular weight excluding hydrogens is 413 g/mol. The summed E-state index contributed by atoms with van der Waals surface area (Å²) >= 11 is 2.35. The molecule has 0 aromatic heterocycles. The zero-order valence-corrected chi connectivity index (χ0v) is 15.5. The first-order valence-corrected chi connectivity index (χ1v) is 10.1. The Hall–Kier alpha value is -1.06. The highest BCUT2D eigenvalue weighted by molar-refractivity contribution is 14.2. The Bertz CT molecular complexity index is 525. The molecule has 1 aliphatic heterocycles. The van der Waals surface area contributed by atoms with E-state index in [1.165, 1.54) is 18.1 Å². The minimum atomic E-state index is -0.563. The van der Waals surface area contributed by atoms with E-state index in [0.717, 1.165) is 6.54 Å². The van der Waals surface area contributed by atoms with Gasteiger partial charge in [-0.05, 0) is 28.5 Å². The van der Waals surface area contributed by atoms with Crippen LogP contribution in [0, 0.1) is 0 Å². The lowest BCUT2D eigenvalue weighted by atomic mass is 10.0. The molecule has 1 aliphatic rings. The number of nitrogens with one attached hydrogen (secondary N) is 1.